The fraction of sp³-hybridized carbons (Fsp3) is 0.222. The summed E-state index contributed by atoms with van der Waals surface area (Å²) < 4.78 is 5.76. The molecule has 0 aliphatic carbocycles. The van der Waals surface area contributed by atoms with E-state index < -0.39 is 0 Å². The minimum Gasteiger partial charge on any atom is -0.489 e. The number of aryl methyl sites for hydroxylation is 1. The molecule has 0 N–H and O–H groups in total. The lowest BCUT2D eigenvalue weighted by molar-refractivity contribution is 0.306. The summed E-state index contributed by atoms with van der Waals surface area (Å²) in [6.07, 6.45) is 0.715. The normalized spacial score (nSPS) is 9.70. The molecule has 0 atom stereocenters. The molecule has 0 amide bonds. The Hall–Kier alpha value is -1.91. The topological polar surface area (TPSA) is 9.23 Å². The van der Waals surface area contributed by atoms with Crippen LogP contribution in [0.1, 0.15) is 23.1 Å². The van der Waals surface area contributed by atoms with Crippen LogP contribution in [-0.2, 0) is 6.61 Å². The third kappa shape index (κ3) is 4.64. The average molecular weight is 285 g/mol. The van der Waals surface area contributed by atoms with Crippen molar-refractivity contribution >= 4 is 11.6 Å². The quantitative estimate of drug-likeness (QED) is 0.591. The second-order valence-corrected chi connectivity index (χ2v) is 4.92. The molecule has 0 heterocycles. The average Bonchev–Trinajstić information content (AvgIpc) is 2.47. The van der Waals surface area contributed by atoms with Crippen molar-refractivity contribution in [1.29, 1.82) is 0 Å². The van der Waals surface area contributed by atoms with Crippen LogP contribution in [0.3, 0.4) is 0 Å². The van der Waals surface area contributed by atoms with Gasteiger partial charge in [0.25, 0.3) is 0 Å². The number of halogens is 1. The van der Waals surface area contributed by atoms with Gasteiger partial charge in [0.15, 0.2) is 0 Å². The van der Waals surface area contributed by atoms with E-state index in [0.29, 0.717) is 18.9 Å². The fourth-order valence-electron chi connectivity index (χ4n) is 1.81. The van der Waals surface area contributed by atoms with Crippen molar-refractivity contribution in [3.05, 3.63) is 65.2 Å². The van der Waals surface area contributed by atoms with Crippen molar-refractivity contribution < 1.29 is 4.74 Å². The van der Waals surface area contributed by atoms with E-state index in [4.69, 9.17) is 16.3 Å². The van der Waals surface area contributed by atoms with Crippen molar-refractivity contribution in [3.63, 3.8) is 0 Å². The molecule has 0 bridgehead atoms. The van der Waals surface area contributed by atoms with Gasteiger partial charge in [-0.1, -0.05) is 41.7 Å². The van der Waals surface area contributed by atoms with Crippen LogP contribution in [0.5, 0.6) is 5.75 Å². The maximum absolute atomic E-state index is 5.76. The first-order valence-electron chi connectivity index (χ1n) is 6.61. The molecule has 0 radical (unpaired) electrons. The molecule has 2 rings (SSSR count). The van der Waals surface area contributed by atoms with Gasteiger partial charge in [0.1, 0.15) is 12.4 Å². The van der Waals surface area contributed by atoms with E-state index in [1.165, 1.54) is 11.1 Å². The van der Waals surface area contributed by atoms with Crippen LogP contribution < -0.4 is 4.74 Å². The highest BCUT2D eigenvalue weighted by Crippen LogP contribution is 2.14. The van der Waals surface area contributed by atoms with Crippen molar-refractivity contribution in [2.24, 2.45) is 0 Å². The minimum absolute atomic E-state index is 0.574. The molecule has 2 heteroatoms. The highest BCUT2D eigenvalue weighted by Gasteiger charge is 1.96. The highest BCUT2D eigenvalue weighted by atomic mass is 35.5. The maximum atomic E-state index is 5.76. The number of hydrogen-bond donors (Lipinski definition) is 0. The molecule has 2 aromatic rings. The first kappa shape index (κ1) is 14.5. The number of hydrogen-bond acceptors (Lipinski definition) is 1. The molecule has 2 aromatic carbocycles. The molecule has 20 heavy (non-hydrogen) atoms. The maximum Gasteiger partial charge on any atom is 0.119 e. The summed E-state index contributed by atoms with van der Waals surface area (Å²) in [6.45, 7) is 2.66. The molecule has 0 aromatic heterocycles. The van der Waals surface area contributed by atoms with Crippen LogP contribution in [-0.4, -0.2) is 5.88 Å². The third-order valence-corrected chi connectivity index (χ3v) is 2.98. The van der Waals surface area contributed by atoms with Crippen molar-refractivity contribution in [3.8, 4) is 17.6 Å². The Kier molecular flexibility index (Phi) is 5.53. The smallest absolute Gasteiger partial charge is 0.119 e. The van der Waals surface area contributed by atoms with Gasteiger partial charge in [-0.15, -0.1) is 11.6 Å². The molecule has 0 spiro atoms. The van der Waals surface area contributed by atoms with Crippen LogP contribution in [0, 0.1) is 18.8 Å². The van der Waals surface area contributed by atoms with E-state index in [1.807, 2.05) is 30.3 Å². The molecule has 0 aliphatic heterocycles. The molecule has 102 valence electrons. The molecule has 0 fully saturated rings. The van der Waals surface area contributed by atoms with Gasteiger partial charge >= 0.3 is 0 Å². The van der Waals surface area contributed by atoms with Gasteiger partial charge in [-0.05, 0) is 36.8 Å². The van der Waals surface area contributed by atoms with Crippen LogP contribution in [0.2, 0.25) is 0 Å². The SMILES string of the molecule is Cc1cccc(COc2ccc(C#CCCCl)cc2)c1. The van der Waals surface area contributed by atoms with Crippen LogP contribution in [0.15, 0.2) is 48.5 Å². The first-order chi connectivity index (χ1) is 9.78. The lowest BCUT2D eigenvalue weighted by atomic mass is 10.1. The Morgan fingerprint density at radius 3 is 2.60 bits per heavy atom. The summed E-state index contributed by atoms with van der Waals surface area (Å²) in [5.74, 6) is 7.51. The summed E-state index contributed by atoms with van der Waals surface area (Å²) >= 11 is 5.58. The molecular formula is C18H17ClO. The van der Waals surface area contributed by atoms with Gasteiger partial charge in [-0.25, -0.2) is 0 Å². The third-order valence-electron chi connectivity index (χ3n) is 2.79. The molecular weight excluding hydrogens is 268 g/mol. The van der Waals surface area contributed by atoms with Crippen molar-refractivity contribution in [1.82, 2.24) is 0 Å². The lowest BCUT2D eigenvalue weighted by Crippen LogP contribution is -1.95. The van der Waals surface area contributed by atoms with E-state index in [9.17, 15) is 0 Å². The largest absolute Gasteiger partial charge is 0.489 e. The van der Waals surface area contributed by atoms with Gasteiger partial charge in [-0.3, -0.25) is 0 Å². The summed E-state index contributed by atoms with van der Waals surface area (Å²) in [5.41, 5.74) is 3.41. The second-order valence-electron chi connectivity index (χ2n) is 4.54. The van der Waals surface area contributed by atoms with Crippen LogP contribution in [0.4, 0.5) is 0 Å². The van der Waals surface area contributed by atoms with Crippen molar-refractivity contribution in [2.75, 3.05) is 5.88 Å². The van der Waals surface area contributed by atoms with E-state index in [-0.39, 0.29) is 0 Å². The van der Waals surface area contributed by atoms with E-state index >= 15 is 0 Å². The van der Waals surface area contributed by atoms with Crippen molar-refractivity contribution in [2.45, 2.75) is 20.0 Å². The predicted octanol–water partition coefficient (Wildman–Crippen LogP) is 4.55. The molecule has 0 saturated carbocycles. The van der Waals surface area contributed by atoms with Gasteiger partial charge in [-0.2, -0.15) is 0 Å². The fourth-order valence-corrected chi connectivity index (χ4v) is 1.91. The molecule has 0 aliphatic rings. The minimum atomic E-state index is 0.574. The summed E-state index contributed by atoms with van der Waals surface area (Å²) in [6, 6.07) is 16.1. The van der Waals surface area contributed by atoms with Gasteiger partial charge in [0.2, 0.25) is 0 Å². The van der Waals surface area contributed by atoms with Crippen LogP contribution >= 0.6 is 11.6 Å². The Balaban J connectivity index is 1.93. The Bertz CT molecular complexity index is 605. The summed E-state index contributed by atoms with van der Waals surface area (Å²) in [5, 5.41) is 0. The predicted molar refractivity (Wildman–Crippen MR) is 84.2 cm³/mol. The number of benzene rings is 2. The second kappa shape index (κ2) is 7.62. The highest BCUT2D eigenvalue weighted by molar-refractivity contribution is 6.18. The lowest BCUT2D eigenvalue weighted by Gasteiger charge is -2.06. The van der Waals surface area contributed by atoms with Crippen LogP contribution in [0.25, 0.3) is 0 Å². The molecule has 0 saturated heterocycles. The van der Waals surface area contributed by atoms with Gasteiger partial charge in [0.05, 0.1) is 0 Å². The Morgan fingerprint density at radius 2 is 1.90 bits per heavy atom. The molecule has 0 unspecified atom stereocenters. The zero-order valence-corrected chi connectivity index (χ0v) is 12.3. The zero-order valence-electron chi connectivity index (χ0n) is 11.5. The van der Waals surface area contributed by atoms with E-state index in [0.717, 1.165) is 11.3 Å². The summed E-state index contributed by atoms with van der Waals surface area (Å²) in [7, 11) is 0. The van der Waals surface area contributed by atoms with E-state index in [1.54, 1.807) is 0 Å². The summed E-state index contributed by atoms with van der Waals surface area (Å²) in [4.78, 5) is 0. The Labute approximate surface area is 125 Å². The Morgan fingerprint density at radius 1 is 1.10 bits per heavy atom. The van der Waals surface area contributed by atoms with Gasteiger partial charge in [0, 0.05) is 17.9 Å². The number of ether oxygens (including phenoxy) is 1. The number of alkyl halides is 1. The zero-order chi connectivity index (χ0) is 14.2. The number of rotatable bonds is 4. The standard InChI is InChI=1S/C18H17ClO/c1-15-5-4-7-17(13-15)14-20-18-10-8-16(9-11-18)6-2-3-12-19/h4-5,7-11,13H,3,12,14H2,1H3. The molecule has 1 nitrogen and oxygen atoms in total. The van der Waals surface area contributed by atoms with E-state index in [2.05, 4.69) is 37.0 Å². The first-order valence-corrected chi connectivity index (χ1v) is 7.14. The monoisotopic (exact) mass is 284 g/mol. The van der Waals surface area contributed by atoms with Gasteiger partial charge < -0.3 is 4.74 Å².